The van der Waals surface area contributed by atoms with E-state index in [-0.39, 0.29) is 24.9 Å². The number of hydrogen-bond acceptors (Lipinski definition) is 8. The second-order valence-corrected chi connectivity index (χ2v) is 21.1. The monoisotopic (exact) mass is 884 g/mol. The highest BCUT2D eigenvalue weighted by molar-refractivity contribution is 6.83. The Labute approximate surface area is 361 Å². The van der Waals surface area contributed by atoms with Crippen molar-refractivity contribution in [3.8, 4) is 35.3 Å². The molecule has 2 amide bonds. The number of ether oxygens (including phenoxy) is 2. The van der Waals surface area contributed by atoms with Crippen molar-refractivity contribution in [2.75, 3.05) is 76.4 Å². The molecule has 2 saturated heterocycles. The zero-order valence-electron chi connectivity index (χ0n) is 33.8. The summed E-state index contributed by atoms with van der Waals surface area (Å²) < 4.78 is 13.8. The van der Waals surface area contributed by atoms with Crippen molar-refractivity contribution in [2.24, 2.45) is 0 Å². The molecule has 0 radical (unpaired) electrons. The Hall–Kier alpha value is -4.50. The van der Waals surface area contributed by atoms with Gasteiger partial charge in [0.1, 0.15) is 32.7 Å². The molecule has 0 unspecified atom stereocenters. The third-order valence-corrected chi connectivity index (χ3v) is 12.2. The number of terminal acetylenes is 1. The SMILES string of the molecule is C#Cc1nn(CC(=O)N2CCN(c3ccc(Cl)c(OC)c3)CC2)c(C)c1Cl.COc1cc(N2CCN(C(=O)Cn3nc(C#C[Si](C)(C)C)c(Cl)c3C)CC2)ccc1Cl. The molecule has 308 valence electrons. The van der Waals surface area contributed by atoms with Gasteiger partial charge < -0.3 is 29.1 Å². The van der Waals surface area contributed by atoms with Crippen LogP contribution in [-0.2, 0) is 22.7 Å². The summed E-state index contributed by atoms with van der Waals surface area (Å²) in [5.41, 5.74) is 7.72. The van der Waals surface area contributed by atoms with Gasteiger partial charge in [-0.2, -0.15) is 10.2 Å². The number of halogens is 4. The van der Waals surface area contributed by atoms with E-state index >= 15 is 0 Å². The summed E-state index contributed by atoms with van der Waals surface area (Å²) in [5.74, 6) is 6.85. The van der Waals surface area contributed by atoms with Crippen LogP contribution in [0.5, 0.6) is 11.5 Å². The number of carbonyl (C=O) groups excluding carboxylic acids is 2. The molecule has 4 aromatic rings. The number of benzene rings is 2. The van der Waals surface area contributed by atoms with E-state index in [2.05, 4.69) is 57.0 Å². The van der Waals surface area contributed by atoms with Crippen molar-refractivity contribution >= 4 is 77.7 Å². The highest BCUT2D eigenvalue weighted by atomic mass is 35.5. The zero-order chi connectivity index (χ0) is 42.3. The first-order chi connectivity index (χ1) is 27.5. The minimum absolute atomic E-state index is 0.00539. The average molecular weight is 887 g/mol. The molecule has 0 bridgehead atoms. The van der Waals surface area contributed by atoms with E-state index < -0.39 is 8.07 Å². The minimum atomic E-state index is -1.54. The van der Waals surface area contributed by atoms with E-state index in [0.717, 1.165) is 43.2 Å². The van der Waals surface area contributed by atoms with Gasteiger partial charge in [0.2, 0.25) is 11.8 Å². The maximum absolute atomic E-state index is 12.9. The van der Waals surface area contributed by atoms with Gasteiger partial charge >= 0.3 is 0 Å². The molecular formula is C41H48Cl4N8O4Si. The number of piperazine rings is 2. The summed E-state index contributed by atoms with van der Waals surface area (Å²) in [6.07, 6.45) is 5.38. The largest absolute Gasteiger partial charge is 0.495 e. The molecule has 0 N–H and O–H groups in total. The van der Waals surface area contributed by atoms with Gasteiger partial charge in [-0.25, -0.2) is 0 Å². The van der Waals surface area contributed by atoms with Crippen LogP contribution in [0.2, 0.25) is 39.7 Å². The van der Waals surface area contributed by atoms with E-state index in [1.54, 1.807) is 30.5 Å². The third kappa shape index (κ3) is 11.0. The Balaban J connectivity index is 0.000000223. The van der Waals surface area contributed by atoms with Gasteiger partial charge in [0, 0.05) is 75.9 Å². The van der Waals surface area contributed by atoms with Crippen molar-refractivity contribution < 1.29 is 19.1 Å². The number of nitrogens with zero attached hydrogens (tertiary/aromatic N) is 8. The molecule has 2 aromatic carbocycles. The Morgan fingerprint density at radius 3 is 1.45 bits per heavy atom. The fourth-order valence-corrected chi connectivity index (χ4v) is 7.61. The molecular weight excluding hydrogens is 838 g/mol. The highest BCUT2D eigenvalue weighted by Gasteiger charge is 2.25. The molecule has 0 spiro atoms. The normalized spacial score (nSPS) is 14.2. The van der Waals surface area contributed by atoms with Gasteiger partial charge in [0.15, 0.2) is 11.4 Å². The minimum Gasteiger partial charge on any atom is -0.495 e. The van der Waals surface area contributed by atoms with Crippen LogP contribution < -0.4 is 19.3 Å². The molecule has 4 heterocycles. The smallest absolute Gasteiger partial charge is 0.244 e. The van der Waals surface area contributed by atoms with Crippen LogP contribution in [0.1, 0.15) is 22.8 Å². The van der Waals surface area contributed by atoms with Crippen LogP contribution in [0.15, 0.2) is 36.4 Å². The lowest BCUT2D eigenvalue weighted by molar-refractivity contribution is -0.133. The summed E-state index contributed by atoms with van der Waals surface area (Å²) in [6, 6.07) is 11.4. The van der Waals surface area contributed by atoms with Crippen LogP contribution in [0.4, 0.5) is 11.4 Å². The van der Waals surface area contributed by atoms with Crippen molar-refractivity contribution in [3.63, 3.8) is 0 Å². The Kier molecular flexibility index (Phi) is 15.0. The Bertz CT molecular complexity index is 2240. The number of hydrogen-bond donors (Lipinski definition) is 0. The molecule has 58 heavy (non-hydrogen) atoms. The highest BCUT2D eigenvalue weighted by Crippen LogP contribution is 2.31. The van der Waals surface area contributed by atoms with Crippen molar-refractivity contribution in [1.29, 1.82) is 0 Å². The van der Waals surface area contributed by atoms with Gasteiger partial charge in [-0.15, -0.1) is 12.0 Å². The number of rotatable bonds is 8. The Morgan fingerprint density at radius 1 is 0.690 bits per heavy atom. The summed E-state index contributed by atoms with van der Waals surface area (Å²) in [6.45, 7) is 15.9. The predicted octanol–water partition coefficient (Wildman–Crippen LogP) is 6.92. The van der Waals surface area contributed by atoms with Gasteiger partial charge in [0.05, 0.1) is 45.7 Å². The summed E-state index contributed by atoms with van der Waals surface area (Å²) in [4.78, 5) is 33.6. The van der Waals surface area contributed by atoms with Gasteiger partial charge in [-0.05, 0) is 44.0 Å². The average Bonchev–Trinajstić information content (AvgIpc) is 3.64. The van der Waals surface area contributed by atoms with Crippen LogP contribution >= 0.6 is 46.4 Å². The van der Waals surface area contributed by atoms with Gasteiger partial charge in [-0.1, -0.05) is 72.0 Å². The molecule has 2 aromatic heterocycles. The fraction of sp³-hybridized carbons (Fsp3) is 0.415. The van der Waals surface area contributed by atoms with Crippen LogP contribution in [0.25, 0.3) is 0 Å². The summed E-state index contributed by atoms with van der Waals surface area (Å²) in [7, 11) is 1.66. The second kappa shape index (κ2) is 19.5. The lowest BCUT2D eigenvalue weighted by Gasteiger charge is -2.36. The molecule has 0 saturated carbocycles. The topological polar surface area (TPSA) is 101 Å². The second-order valence-electron chi connectivity index (χ2n) is 14.8. The summed E-state index contributed by atoms with van der Waals surface area (Å²) >= 11 is 24.8. The maximum Gasteiger partial charge on any atom is 0.244 e. The van der Waals surface area contributed by atoms with E-state index in [4.69, 9.17) is 62.3 Å². The van der Waals surface area contributed by atoms with Crippen LogP contribution in [-0.4, -0.2) is 116 Å². The van der Waals surface area contributed by atoms with Crippen molar-refractivity contribution in [1.82, 2.24) is 29.4 Å². The van der Waals surface area contributed by atoms with E-state index in [1.165, 1.54) is 0 Å². The first-order valence-corrected chi connectivity index (χ1v) is 23.7. The summed E-state index contributed by atoms with van der Waals surface area (Å²) in [5, 5.41) is 10.8. The third-order valence-electron chi connectivity index (χ3n) is 9.79. The maximum atomic E-state index is 12.9. The number of amides is 2. The molecule has 6 rings (SSSR count). The van der Waals surface area contributed by atoms with Gasteiger partial charge in [0.25, 0.3) is 0 Å². The van der Waals surface area contributed by atoms with E-state index in [0.29, 0.717) is 74.9 Å². The number of carbonyl (C=O) groups is 2. The molecule has 2 fully saturated rings. The zero-order valence-corrected chi connectivity index (χ0v) is 37.9. The molecule has 0 aliphatic carbocycles. The van der Waals surface area contributed by atoms with Crippen LogP contribution in [0.3, 0.4) is 0 Å². The quantitative estimate of drug-likeness (QED) is 0.139. The molecule has 0 atom stereocenters. The van der Waals surface area contributed by atoms with Crippen LogP contribution in [0, 0.1) is 37.7 Å². The standard InChI is InChI=1S/C22H28Cl2N4O2Si.C19H20Cl2N4O2/c1-16-22(24)19(8-13-31(3,4)5)25-28(16)15-21(29)27-11-9-26(10-12-27)17-6-7-18(23)20(14-17)30-2;1-4-16-19(21)13(2)25(22-16)12-18(26)24-9-7-23(8-10-24)14-5-6-15(20)17(11-14)27-3/h6-7,14H,9-12,15H2,1-5H3;1,5-6,11H,7-10,12H2,2-3H3. The van der Waals surface area contributed by atoms with E-state index in [9.17, 15) is 9.59 Å². The molecule has 12 nitrogen and oxygen atoms in total. The molecule has 2 aliphatic rings. The van der Waals surface area contributed by atoms with Crippen molar-refractivity contribution in [3.05, 3.63) is 79.3 Å². The lowest BCUT2D eigenvalue weighted by atomic mass is 10.2. The van der Waals surface area contributed by atoms with E-state index in [1.807, 2.05) is 53.1 Å². The molecule has 17 heteroatoms. The number of aromatic nitrogens is 4. The van der Waals surface area contributed by atoms with Crippen molar-refractivity contribution in [2.45, 2.75) is 46.6 Å². The predicted molar refractivity (Wildman–Crippen MR) is 236 cm³/mol. The van der Waals surface area contributed by atoms with Gasteiger partial charge in [-0.3, -0.25) is 19.0 Å². The first kappa shape index (κ1) is 44.6. The lowest BCUT2D eigenvalue weighted by Crippen LogP contribution is -2.49. The number of anilines is 2. The molecule has 2 aliphatic heterocycles. The first-order valence-electron chi connectivity index (χ1n) is 18.7. The fourth-order valence-electron chi connectivity index (χ4n) is 6.35. The Morgan fingerprint density at radius 2 is 1.09 bits per heavy atom. The number of methoxy groups -OCH3 is 2.